The van der Waals surface area contributed by atoms with Crippen molar-refractivity contribution in [2.45, 2.75) is 39.5 Å². The van der Waals surface area contributed by atoms with E-state index in [2.05, 4.69) is 6.92 Å². The topological polar surface area (TPSA) is 49.4 Å². The highest BCUT2D eigenvalue weighted by Crippen LogP contribution is 2.19. The molecule has 0 aromatic heterocycles. The molecule has 0 heterocycles. The van der Waals surface area contributed by atoms with Crippen LogP contribution in [0.4, 0.5) is 0 Å². The Morgan fingerprint density at radius 1 is 1.29 bits per heavy atom. The minimum Gasteiger partial charge on any atom is -0.545 e. The molecule has 0 saturated carbocycles. The minimum absolute atomic E-state index is 0.195. The van der Waals surface area contributed by atoms with Crippen LogP contribution in [0.1, 0.15) is 48.5 Å². The Kier molecular flexibility index (Phi) is 5.53. The lowest BCUT2D eigenvalue weighted by Crippen LogP contribution is -2.22. The highest BCUT2D eigenvalue weighted by molar-refractivity contribution is 5.86. The lowest BCUT2D eigenvalue weighted by atomic mass is 10.1. The Hall–Kier alpha value is -1.51. The van der Waals surface area contributed by atoms with Gasteiger partial charge in [0.1, 0.15) is 5.75 Å². The lowest BCUT2D eigenvalue weighted by Gasteiger charge is -2.11. The maximum absolute atomic E-state index is 10.6. The summed E-state index contributed by atoms with van der Waals surface area (Å²) in [5.41, 5.74) is 1.03. The fourth-order valence-corrected chi connectivity index (χ4v) is 1.65. The molecule has 1 rings (SSSR count). The van der Waals surface area contributed by atoms with Gasteiger partial charge in [-0.25, -0.2) is 0 Å². The van der Waals surface area contributed by atoms with E-state index < -0.39 is 5.97 Å². The first-order valence-electron chi connectivity index (χ1n) is 6.10. The number of aryl methyl sites for hydroxylation is 1. The number of hydrogen-bond donors (Lipinski definition) is 0. The summed E-state index contributed by atoms with van der Waals surface area (Å²) in [7, 11) is 0. The summed E-state index contributed by atoms with van der Waals surface area (Å²) in [6.07, 6.45) is 4.65. The fourth-order valence-electron chi connectivity index (χ4n) is 1.65. The van der Waals surface area contributed by atoms with E-state index in [4.69, 9.17) is 4.74 Å². The van der Waals surface area contributed by atoms with Crippen LogP contribution in [0.15, 0.2) is 18.2 Å². The van der Waals surface area contributed by atoms with Gasteiger partial charge in [0.15, 0.2) is 0 Å². The maximum atomic E-state index is 10.6. The average molecular weight is 235 g/mol. The largest absolute Gasteiger partial charge is 0.545 e. The second kappa shape index (κ2) is 6.94. The second-order valence-electron chi connectivity index (χ2n) is 4.18. The van der Waals surface area contributed by atoms with Crippen molar-refractivity contribution in [3.8, 4) is 5.75 Å². The van der Waals surface area contributed by atoms with Gasteiger partial charge in [-0.15, -0.1) is 0 Å². The molecule has 0 bridgehead atoms. The molecule has 0 aliphatic carbocycles. The van der Waals surface area contributed by atoms with Crippen LogP contribution >= 0.6 is 0 Å². The number of hydrogen-bond acceptors (Lipinski definition) is 3. The Bertz CT molecular complexity index is 372. The van der Waals surface area contributed by atoms with Crippen LogP contribution in [0.25, 0.3) is 0 Å². The zero-order valence-electron chi connectivity index (χ0n) is 10.5. The van der Waals surface area contributed by atoms with Gasteiger partial charge in [0.05, 0.1) is 12.6 Å². The highest BCUT2D eigenvalue weighted by atomic mass is 16.5. The molecule has 1 aromatic carbocycles. The summed E-state index contributed by atoms with van der Waals surface area (Å²) < 4.78 is 5.60. The monoisotopic (exact) mass is 235 g/mol. The van der Waals surface area contributed by atoms with Gasteiger partial charge in [-0.1, -0.05) is 26.2 Å². The van der Waals surface area contributed by atoms with Gasteiger partial charge >= 0.3 is 0 Å². The van der Waals surface area contributed by atoms with E-state index in [0.29, 0.717) is 6.61 Å². The molecule has 0 aliphatic heterocycles. The summed E-state index contributed by atoms with van der Waals surface area (Å²) in [5, 5.41) is 10.6. The molecule has 0 saturated heterocycles. The SMILES string of the molecule is CCCCCCOc1ccc(C(=O)[O-])cc1C. The summed E-state index contributed by atoms with van der Waals surface area (Å²) in [4.78, 5) is 10.6. The third-order valence-corrected chi connectivity index (χ3v) is 2.67. The van der Waals surface area contributed by atoms with Crippen molar-refractivity contribution in [3.05, 3.63) is 29.3 Å². The van der Waals surface area contributed by atoms with E-state index in [0.717, 1.165) is 17.7 Å². The molecule has 0 aliphatic rings. The lowest BCUT2D eigenvalue weighted by molar-refractivity contribution is -0.255. The number of carboxylic acid groups (broad SMARTS) is 1. The van der Waals surface area contributed by atoms with Crippen molar-refractivity contribution in [1.29, 1.82) is 0 Å². The molecule has 0 spiro atoms. The summed E-state index contributed by atoms with van der Waals surface area (Å²) in [6, 6.07) is 4.79. The van der Waals surface area contributed by atoms with Gasteiger partial charge in [0.2, 0.25) is 0 Å². The van der Waals surface area contributed by atoms with Crippen molar-refractivity contribution in [1.82, 2.24) is 0 Å². The van der Waals surface area contributed by atoms with Crippen molar-refractivity contribution >= 4 is 5.97 Å². The Labute approximate surface area is 102 Å². The first-order valence-corrected chi connectivity index (χ1v) is 6.10. The Morgan fingerprint density at radius 3 is 2.65 bits per heavy atom. The van der Waals surface area contributed by atoms with E-state index in [1.165, 1.54) is 25.3 Å². The van der Waals surface area contributed by atoms with Gasteiger partial charge in [0, 0.05) is 0 Å². The minimum atomic E-state index is -1.15. The van der Waals surface area contributed by atoms with Gasteiger partial charge in [0.25, 0.3) is 0 Å². The fraction of sp³-hybridized carbons (Fsp3) is 0.500. The third-order valence-electron chi connectivity index (χ3n) is 2.67. The second-order valence-corrected chi connectivity index (χ2v) is 4.18. The Morgan fingerprint density at radius 2 is 2.06 bits per heavy atom. The smallest absolute Gasteiger partial charge is 0.122 e. The molecule has 0 radical (unpaired) electrons. The summed E-state index contributed by atoms with van der Waals surface area (Å²) in [6.45, 7) is 4.70. The predicted octanol–water partition coefficient (Wildman–Crippen LogP) is 2.32. The van der Waals surface area contributed by atoms with Gasteiger partial charge < -0.3 is 14.6 Å². The highest BCUT2D eigenvalue weighted by Gasteiger charge is 2.01. The number of aromatic carboxylic acids is 1. The van der Waals surface area contributed by atoms with Crippen molar-refractivity contribution in [2.75, 3.05) is 6.61 Å². The molecule has 3 nitrogen and oxygen atoms in total. The normalized spacial score (nSPS) is 10.2. The van der Waals surface area contributed by atoms with E-state index >= 15 is 0 Å². The molecule has 3 heteroatoms. The standard InChI is InChI=1S/C14H20O3/c1-3-4-5-6-9-17-13-8-7-12(14(15)16)10-11(13)2/h7-8,10H,3-6,9H2,1-2H3,(H,15,16)/p-1. The molecule has 94 valence electrons. The first-order chi connectivity index (χ1) is 8.15. The molecule has 17 heavy (non-hydrogen) atoms. The van der Waals surface area contributed by atoms with Crippen LogP contribution in [0, 0.1) is 6.92 Å². The quantitative estimate of drug-likeness (QED) is 0.681. The molecule has 0 unspecified atom stereocenters. The van der Waals surface area contributed by atoms with E-state index in [1.54, 1.807) is 12.1 Å². The number of carbonyl (C=O) groups excluding carboxylic acids is 1. The average Bonchev–Trinajstić information content (AvgIpc) is 2.30. The van der Waals surface area contributed by atoms with Crippen LogP contribution in [0.5, 0.6) is 5.75 Å². The van der Waals surface area contributed by atoms with Crippen LogP contribution in [-0.2, 0) is 0 Å². The molecular formula is C14H19O3-. The number of carbonyl (C=O) groups is 1. The summed E-state index contributed by atoms with van der Waals surface area (Å²) in [5.74, 6) is -0.394. The van der Waals surface area contributed by atoms with Crippen molar-refractivity contribution in [2.24, 2.45) is 0 Å². The van der Waals surface area contributed by atoms with Crippen LogP contribution < -0.4 is 9.84 Å². The number of carboxylic acids is 1. The van der Waals surface area contributed by atoms with Crippen LogP contribution in [-0.4, -0.2) is 12.6 Å². The van der Waals surface area contributed by atoms with Crippen LogP contribution in [0.2, 0.25) is 0 Å². The van der Waals surface area contributed by atoms with Crippen LogP contribution in [0.3, 0.4) is 0 Å². The predicted molar refractivity (Wildman–Crippen MR) is 65.1 cm³/mol. The molecular weight excluding hydrogens is 216 g/mol. The van der Waals surface area contributed by atoms with E-state index in [1.807, 2.05) is 6.92 Å². The number of ether oxygens (including phenoxy) is 1. The number of rotatable bonds is 7. The molecule has 1 aromatic rings. The number of benzene rings is 1. The van der Waals surface area contributed by atoms with Gasteiger partial charge in [-0.05, 0) is 42.7 Å². The van der Waals surface area contributed by atoms with Crippen molar-refractivity contribution < 1.29 is 14.6 Å². The maximum Gasteiger partial charge on any atom is 0.122 e. The van der Waals surface area contributed by atoms with E-state index in [-0.39, 0.29) is 5.56 Å². The molecule has 0 N–H and O–H groups in total. The first kappa shape index (κ1) is 13.6. The van der Waals surface area contributed by atoms with Gasteiger partial charge in [-0.2, -0.15) is 0 Å². The molecule has 0 amide bonds. The Balaban J connectivity index is 2.46. The molecule has 0 atom stereocenters. The van der Waals surface area contributed by atoms with E-state index in [9.17, 15) is 9.90 Å². The summed E-state index contributed by atoms with van der Waals surface area (Å²) >= 11 is 0. The van der Waals surface area contributed by atoms with Crippen molar-refractivity contribution in [3.63, 3.8) is 0 Å². The number of unbranched alkanes of at least 4 members (excludes halogenated alkanes) is 3. The zero-order chi connectivity index (χ0) is 12.7. The molecule has 0 fully saturated rings. The third kappa shape index (κ3) is 4.47. The van der Waals surface area contributed by atoms with Gasteiger partial charge in [-0.3, -0.25) is 0 Å². The zero-order valence-corrected chi connectivity index (χ0v) is 10.5.